The zero-order chi connectivity index (χ0) is 71.6. The fourth-order valence-corrected chi connectivity index (χ4v) is 8.77. The van der Waals surface area contributed by atoms with Crippen molar-refractivity contribution in [1.82, 2.24) is 25.1 Å². The van der Waals surface area contributed by atoms with Gasteiger partial charge in [-0.3, -0.25) is 18.7 Å². The summed E-state index contributed by atoms with van der Waals surface area (Å²) in [5, 5.41) is 17.4. The molecular weight excluding hydrogens is 1470 g/mol. The molecule has 534 valence electrons. The summed E-state index contributed by atoms with van der Waals surface area (Å²) in [6.07, 6.45) is 13.3. The van der Waals surface area contributed by atoms with Crippen molar-refractivity contribution in [3.63, 3.8) is 0 Å². The van der Waals surface area contributed by atoms with Crippen LogP contribution < -0.4 is 73.1 Å². The number of hydrogen-bond acceptors (Lipinski definition) is 14. The van der Waals surface area contributed by atoms with E-state index in [-0.39, 0.29) is 181 Å². The van der Waals surface area contributed by atoms with Crippen LogP contribution in [-0.4, -0.2) is 107 Å². The van der Waals surface area contributed by atoms with Gasteiger partial charge in [0.1, 0.15) is 29.1 Å². The molecular formula is C70H89Cl2F2IKN9O14. The first-order valence-electron chi connectivity index (χ1n) is 29.5. The van der Waals surface area contributed by atoms with Gasteiger partial charge in [0, 0.05) is 56.8 Å². The molecule has 0 aliphatic heterocycles. The number of carboxylic acid groups (broad SMARTS) is 1. The predicted octanol–water partition coefficient (Wildman–Crippen LogP) is 12.7. The summed E-state index contributed by atoms with van der Waals surface area (Å²) >= 11 is 11.8. The van der Waals surface area contributed by atoms with E-state index in [0.717, 1.165) is 18.3 Å². The number of carboxylic acids is 1. The Labute approximate surface area is 650 Å². The molecule has 0 saturated heterocycles. The Balaban J connectivity index is -0.000000576. The van der Waals surface area contributed by atoms with E-state index in [4.69, 9.17) is 77.4 Å². The van der Waals surface area contributed by atoms with Crippen LogP contribution in [0.2, 0.25) is 10.0 Å². The summed E-state index contributed by atoms with van der Waals surface area (Å²) in [5.74, 6) is -2.84. The molecule has 0 saturated carbocycles. The largest absolute Gasteiger partial charge is 1.00 e. The van der Waals surface area contributed by atoms with Crippen molar-refractivity contribution in [2.24, 2.45) is 5.73 Å². The Bertz CT molecular complexity index is 3680. The van der Waals surface area contributed by atoms with Gasteiger partial charge in [0.2, 0.25) is 11.6 Å². The van der Waals surface area contributed by atoms with Gasteiger partial charge in [-0.1, -0.05) is 106 Å². The maximum atomic E-state index is 14.1. The maximum absolute atomic E-state index is 14.1. The summed E-state index contributed by atoms with van der Waals surface area (Å²) in [5.41, 5.74) is 8.16. The molecule has 23 nitrogen and oxygen atoms in total. The molecule has 99 heavy (non-hydrogen) atoms. The van der Waals surface area contributed by atoms with E-state index >= 15 is 0 Å². The van der Waals surface area contributed by atoms with Gasteiger partial charge in [-0.15, -0.1) is 24.0 Å². The Morgan fingerprint density at radius 3 is 1.45 bits per heavy atom. The van der Waals surface area contributed by atoms with Crippen LogP contribution >= 0.6 is 47.2 Å². The zero-order valence-electron chi connectivity index (χ0n) is 57.1. The van der Waals surface area contributed by atoms with Crippen molar-refractivity contribution >= 4 is 107 Å². The van der Waals surface area contributed by atoms with Gasteiger partial charge < -0.3 is 61.6 Å². The molecule has 4 aromatic rings. The van der Waals surface area contributed by atoms with Gasteiger partial charge in [0.05, 0.1) is 58.6 Å². The number of nitrogens with two attached hydrogens (primary N) is 1. The molecule has 0 spiro atoms. The summed E-state index contributed by atoms with van der Waals surface area (Å²) < 4.78 is 54.4. The molecule has 2 atom stereocenters. The van der Waals surface area contributed by atoms with Crippen LogP contribution in [-0.2, 0) is 56.0 Å². The van der Waals surface area contributed by atoms with Gasteiger partial charge in [-0.25, -0.2) is 42.4 Å². The Morgan fingerprint density at radius 2 is 1.09 bits per heavy atom. The zero-order valence-corrected chi connectivity index (χ0v) is 63.1. The number of hydrogen-bond donors (Lipinski definition) is 5. The third-order valence-corrected chi connectivity index (χ3v) is 12.9. The fraction of sp³-hybridized carbons (Fsp3) is 0.386. The number of halogens is 5. The maximum Gasteiger partial charge on any atom is 1.00 e. The first-order chi connectivity index (χ1) is 44.8. The second-order valence-corrected chi connectivity index (χ2v) is 22.8. The Kier molecular flexibility index (Phi) is 47.1. The minimum absolute atomic E-state index is 0. The number of nitrogens with one attached hydrogen (secondary N) is 3. The molecule has 2 heterocycles. The number of allylic oxidation sites excluding steroid dienone is 9. The van der Waals surface area contributed by atoms with E-state index in [1.807, 2.05) is 12.2 Å². The number of rotatable bonds is 18. The average molecular weight is 1560 g/mol. The molecule has 2 aromatic carbocycles. The molecule has 0 radical (unpaired) electrons. The number of nitrogens with zero attached hydrogens (tertiary/aromatic N) is 5. The summed E-state index contributed by atoms with van der Waals surface area (Å²) in [6, 6.07) is 13.6. The van der Waals surface area contributed by atoms with Crippen molar-refractivity contribution in [1.29, 1.82) is 0 Å². The molecule has 0 bridgehead atoms. The summed E-state index contributed by atoms with van der Waals surface area (Å²) in [7, 11) is 0. The molecule has 6 N–H and O–H groups in total. The normalized spacial score (nSPS) is 12.4. The second-order valence-electron chi connectivity index (χ2n) is 21.9. The molecule has 0 fully saturated rings. The van der Waals surface area contributed by atoms with Crippen molar-refractivity contribution in [3.8, 4) is 0 Å². The van der Waals surface area contributed by atoms with Gasteiger partial charge in [0.15, 0.2) is 17.1 Å². The number of benzene rings is 2. The molecule has 3 aliphatic carbocycles. The van der Waals surface area contributed by atoms with Crippen LogP contribution in [0.3, 0.4) is 0 Å². The monoisotopic (exact) mass is 1550 g/mol. The van der Waals surface area contributed by atoms with Crippen molar-refractivity contribution in [2.75, 3.05) is 32.9 Å². The van der Waals surface area contributed by atoms with Gasteiger partial charge >= 0.3 is 87.4 Å². The summed E-state index contributed by atoms with van der Waals surface area (Å²) in [4.78, 5) is 100. The molecule has 0 unspecified atom stereocenters. The molecule has 2 aromatic heterocycles. The Morgan fingerprint density at radius 1 is 0.657 bits per heavy atom. The van der Waals surface area contributed by atoms with E-state index in [1.54, 1.807) is 125 Å². The SMILES string of the molecule is C.C.CCOC(=O)C1=CC=C(C=O)C1.CCOC(=O)C1=CC=CC1.C[C@H](N)c1c(F)cccc1Cl.I.[C-]#[N+]C1=CC=C(C(=O)OCC)C1.[C-]#[N+]c1ccc(C(=O)N[C@@H](C)c2c(F)cccc2Cl)n1CCNC(=O)OC(C)(C)C.[C-]#[N+]c1ccc(C(=O)O)n1CCNC(=O)OC(C)(C)C.[H-].[K+]. The first kappa shape index (κ1) is 95.4. The van der Waals surface area contributed by atoms with Gasteiger partial charge in [-0.05, 0) is 137 Å². The van der Waals surface area contributed by atoms with Crippen molar-refractivity contribution in [2.45, 2.75) is 147 Å². The average Bonchev–Trinajstić information content (AvgIpc) is 1.65. The van der Waals surface area contributed by atoms with E-state index < -0.39 is 47.1 Å². The fourth-order valence-electron chi connectivity index (χ4n) is 8.11. The standard InChI is InChI=1S/C21H24ClFN4O3.C13H17N3O4.C9H9NO2.C9H10O3.C8H9ClFN.C8H10O2.2CH4.HI.K.H/c1-13(18-14(22)7-6-8-15(18)23)26-19(28)16-9-10-17(24-5)27(16)12-11-25-20(29)30-21(2,3)4;1-13(2,3)20-12(19)15-7-8-16-9(11(17)18)5-6-10(16)14-4;1-3-12-9(11)7-4-5-8(6-7)10-2;1-2-12-9(11)8-4-3-7(5-8)6-10;1-5(11)8-6(9)3-2-4-7(8)10;1-2-10-8(9)7-5-3-4-6-7;;;;;/h6-10,13H,11-12H2,1-4H3,(H,25,29)(H,26,28);5-6H,7-8H2,1-3H3,(H,15,19)(H,17,18);4-5H,3,6H2,1H3;3-4,6H,2,5H2,1H3;2-5H,11H2,1H3;3-5H,2,6H2,1H3;2*1H4;1H;;/q;;;;;;;;;+1;-1/t13-;;;;5-;;;;;;/m0...0....../s1. The van der Waals surface area contributed by atoms with Crippen molar-refractivity contribution in [3.05, 3.63) is 210 Å². The van der Waals surface area contributed by atoms with Crippen LogP contribution in [0.1, 0.15) is 156 Å². The topological polar surface area (TPSA) is 288 Å². The number of carbonyl (C=O) groups excluding carboxylic acids is 7. The third-order valence-electron chi connectivity index (χ3n) is 12.3. The molecule has 3 amide bonds. The number of ether oxygens (including phenoxy) is 5. The van der Waals surface area contributed by atoms with Crippen LogP contribution in [0.4, 0.5) is 30.0 Å². The molecule has 3 aliphatic rings. The number of amides is 3. The van der Waals surface area contributed by atoms with Crippen molar-refractivity contribution < 1.29 is 129 Å². The number of alkyl carbamates (subject to hydrolysis) is 2. The van der Waals surface area contributed by atoms with Crippen LogP contribution in [0.15, 0.2) is 131 Å². The van der Waals surface area contributed by atoms with Crippen LogP contribution in [0, 0.1) is 31.4 Å². The van der Waals surface area contributed by atoms with E-state index in [1.165, 1.54) is 51.6 Å². The number of aromatic nitrogens is 2. The minimum Gasteiger partial charge on any atom is -1.00 e. The van der Waals surface area contributed by atoms with E-state index in [9.17, 15) is 47.1 Å². The molecule has 29 heteroatoms. The third kappa shape index (κ3) is 34.7. The van der Waals surface area contributed by atoms with E-state index in [0.29, 0.717) is 65.7 Å². The number of aldehydes is 1. The smallest absolute Gasteiger partial charge is 1.00 e. The van der Waals surface area contributed by atoms with Gasteiger partial charge in [0.25, 0.3) is 5.91 Å². The quantitative estimate of drug-likeness (QED) is 0.0155. The van der Waals surface area contributed by atoms with Gasteiger partial charge in [-0.2, -0.15) is 0 Å². The first-order valence-corrected chi connectivity index (χ1v) is 30.3. The van der Waals surface area contributed by atoms with Crippen LogP contribution in [0.5, 0.6) is 0 Å². The number of carbonyl (C=O) groups is 8. The summed E-state index contributed by atoms with van der Waals surface area (Å²) in [6.45, 7) is 42.0. The minimum atomic E-state index is -1.11. The Hall–Kier alpha value is -7.76. The predicted molar refractivity (Wildman–Crippen MR) is 384 cm³/mol. The van der Waals surface area contributed by atoms with E-state index in [2.05, 4.69) is 30.5 Å². The number of esters is 3. The second kappa shape index (κ2) is 48.9. The van der Waals surface area contributed by atoms with Crippen LogP contribution in [0.25, 0.3) is 14.5 Å². The number of aromatic carboxylic acids is 1. The molecule has 7 rings (SSSR count).